The first kappa shape index (κ1) is 18.6. The Kier molecular flexibility index (Phi) is 4.18. The number of non-ortho nitro benzene ring substituents is 1. The van der Waals surface area contributed by atoms with E-state index in [1.54, 1.807) is 12.1 Å². The quantitative estimate of drug-likeness (QED) is 0.301. The first-order valence-corrected chi connectivity index (χ1v) is 10.5. The molecule has 6 heteroatoms. The third-order valence-corrected chi connectivity index (χ3v) is 6.15. The topological polar surface area (TPSA) is 68.0 Å². The monoisotopic (exact) mass is 421 g/mol. The van der Waals surface area contributed by atoms with Gasteiger partial charge in [0.05, 0.1) is 16.7 Å². The lowest BCUT2D eigenvalue weighted by atomic mass is 9.95. The van der Waals surface area contributed by atoms with Gasteiger partial charge in [0.2, 0.25) is 6.23 Å². The van der Waals surface area contributed by atoms with Crippen LogP contribution in [0.5, 0.6) is 5.75 Å². The molecular weight excluding hydrogens is 402 g/mol. The van der Waals surface area contributed by atoms with Gasteiger partial charge in [-0.1, -0.05) is 66.7 Å². The fourth-order valence-corrected chi connectivity index (χ4v) is 4.59. The van der Waals surface area contributed by atoms with Gasteiger partial charge < -0.3 is 4.74 Å². The molecule has 0 saturated heterocycles. The molecule has 6 nitrogen and oxygen atoms in total. The number of hydrazone groups is 1. The van der Waals surface area contributed by atoms with Crippen molar-refractivity contribution in [3.05, 3.63) is 118 Å². The van der Waals surface area contributed by atoms with Gasteiger partial charge in [0.1, 0.15) is 5.75 Å². The molecule has 0 N–H and O–H groups in total. The second kappa shape index (κ2) is 7.20. The van der Waals surface area contributed by atoms with Crippen molar-refractivity contribution in [1.29, 1.82) is 0 Å². The minimum absolute atomic E-state index is 0.00526. The summed E-state index contributed by atoms with van der Waals surface area (Å²) in [6.07, 6.45) is 0.206. The number of hydrogen-bond acceptors (Lipinski definition) is 5. The Balaban J connectivity index is 1.45. The summed E-state index contributed by atoms with van der Waals surface area (Å²) in [6.45, 7) is 0. The van der Waals surface area contributed by atoms with E-state index in [1.807, 2.05) is 41.4 Å². The van der Waals surface area contributed by atoms with Crippen LogP contribution in [0.25, 0.3) is 10.8 Å². The van der Waals surface area contributed by atoms with Gasteiger partial charge >= 0.3 is 0 Å². The summed E-state index contributed by atoms with van der Waals surface area (Å²) < 4.78 is 6.32. The van der Waals surface area contributed by atoms with Gasteiger partial charge in [-0.15, -0.1) is 0 Å². The maximum absolute atomic E-state index is 11.3. The Labute approximate surface area is 184 Å². The summed E-state index contributed by atoms with van der Waals surface area (Å²) in [5, 5.41) is 20.6. The molecule has 0 bridgehead atoms. The van der Waals surface area contributed by atoms with Gasteiger partial charge in [-0.25, -0.2) is 5.01 Å². The fraction of sp³-hybridized carbons (Fsp3) is 0.115. The molecule has 0 radical (unpaired) electrons. The Hall–Kier alpha value is -4.19. The average molecular weight is 421 g/mol. The standard InChI is InChI=1S/C26H19N3O3/c30-29(31)21-9-5-8-20(15-21)26-28-24(22-10-3-4-11-25(22)32-26)16-23(27-28)19-13-12-17-6-1-2-7-18(17)14-19/h1-15,24,26H,16H2/t24-,26-/m0/s1. The lowest BCUT2D eigenvalue weighted by molar-refractivity contribution is -0.385. The van der Waals surface area contributed by atoms with Crippen LogP contribution in [0.1, 0.15) is 35.4 Å². The molecule has 0 unspecified atom stereocenters. The first-order valence-electron chi connectivity index (χ1n) is 10.5. The van der Waals surface area contributed by atoms with Gasteiger partial charge in [0.25, 0.3) is 5.69 Å². The lowest BCUT2D eigenvalue weighted by Gasteiger charge is -2.38. The number of nitrogens with zero attached hydrogens (tertiary/aromatic N) is 3. The van der Waals surface area contributed by atoms with Crippen LogP contribution < -0.4 is 4.74 Å². The maximum atomic E-state index is 11.3. The predicted octanol–water partition coefficient (Wildman–Crippen LogP) is 5.99. The van der Waals surface area contributed by atoms with Crippen LogP contribution in [-0.4, -0.2) is 15.6 Å². The summed E-state index contributed by atoms with van der Waals surface area (Å²) in [5.41, 5.74) is 3.89. The number of nitro benzene ring substituents is 1. The molecule has 0 aliphatic carbocycles. The highest BCUT2D eigenvalue weighted by molar-refractivity contribution is 6.04. The summed E-state index contributed by atoms with van der Waals surface area (Å²) in [7, 11) is 0. The molecule has 2 heterocycles. The largest absolute Gasteiger partial charge is 0.464 e. The number of fused-ring (bicyclic) bond motifs is 4. The van der Waals surface area contributed by atoms with Crippen LogP contribution in [0, 0.1) is 10.1 Å². The molecule has 2 aliphatic heterocycles. The van der Waals surface area contributed by atoms with E-state index >= 15 is 0 Å². The molecule has 32 heavy (non-hydrogen) atoms. The van der Waals surface area contributed by atoms with E-state index in [4.69, 9.17) is 9.84 Å². The molecule has 4 aromatic rings. The van der Waals surface area contributed by atoms with Gasteiger partial charge in [0.15, 0.2) is 0 Å². The van der Waals surface area contributed by atoms with E-state index in [0.29, 0.717) is 5.56 Å². The fourth-order valence-electron chi connectivity index (χ4n) is 4.59. The number of para-hydroxylation sites is 1. The minimum atomic E-state index is -0.534. The van der Waals surface area contributed by atoms with E-state index < -0.39 is 6.23 Å². The Morgan fingerprint density at radius 3 is 2.59 bits per heavy atom. The number of hydrogen-bond donors (Lipinski definition) is 0. The van der Waals surface area contributed by atoms with Gasteiger partial charge in [-0.2, -0.15) is 5.10 Å². The van der Waals surface area contributed by atoms with Crippen LogP contribution in [0.4, 0.5) is 5.69 Å². The minimum Gasteiger partial charge on any atom is -0.464 e. The molecule has 0 saturated carbocycles. The second-order valence-corrected chi connectivity index (χ2v) is 8.07. The summed E-state index contributed by atoms with van der Waals surface area (Å²) >= 11 is 0. The van der Waals surface area contributed by atoms with Crippen molar-refractivity contribution in [3.8, 4) is 5.75 Å². The molecule has 0 spiro atoms. The zero-order chi connectivity index (χ0) is 21.7. The zero-order valence-corrected chi connectivity index (χ0v) is 17.1. The van der Waals surface area contributed by atoms with E-state index in [9.17, 15) is 10.1 Å². The molecule has 2 aliphatic rings. The Morgan fingerprint density at radius 1 is 0.906 bits per heavy atom. The van der Waals surface area contributed by atoms with Crippen molar-refractivity contribution in [2.24, 2.45) is 5.10 Å². The molecule has 0 amide bonds. The molecular formula is C26H19N3O3. The molecule has 2 atom stereocenters. The molecule has 6 rings (SSSR count). The van der Waals surface area contributed by atoms with Gasteiger partial charge in [-0.05, 0) is 28.5 Å². The normalized spacial score (nSPS) is 19.1. The first-order chi connectivity index (χ1) is 15.7. The third kappa shape index (κ3) is 3.00. The Bertz CT molecular complexity index is 1400. The van der Waals surface area contributed by atoms with Crippen LogP contribution >= 0.6 is 0 Å². The summed E-state index contributed by atoms with van der Waals surface area (Å²) in [4.78, 5) is 10.9. The molecule has 0 aromatic heterocycles. The van der Waals surface area contributed by atoms with Crippen LogP contribution in [0.15, 0.2) is 96.1 Å². The van der Waals surface area contributed by atoms with Crippen LogP contribution in [0.3, 0.4) is 0 Å². The average Bonchev–Trinajstić information content (AvgIpc) is 3.29. The number of benzene rings is 4. The van der Waals surface area contributed by atoms with E-state index in [2.05, 4.69) is 36.4 Å². The highest BCUT2D eigenvalue weighted by atomic mass is 16.6. The maximum Gasteiger partial charge on any atom is 0.269 e. The molecule has 0 fully saturated rings. The van der Waals surface area contributed by atoms with Crippen molar-refractivity contribution in [2.45, 2.75) is 18.7 Å². The number of rotatable bonds is 3. The van der Waals surface area contributed by atoms with Crippen molar-refractivity contribution < 1.29 is 9.66 Å². The lowest BCUT2D eigenvalue weighted by Crippen LogP contribution is -2.33. The van der Waals surface area contributed by atoms with Crippen molar-refractivity contribution >= 4 is 22.2 Å². The van der Waals surface area contributed by atoms with Gasteiger partial charge in [0, 0.05) is 29.7 Å². The highest BCUT2D eigenvalue weighted by Crippen LogP contribution is 2.47. The van der Waals surface area contributed by atoms with Gasteiger partial charge in [-0.3, -0.25) is 10.1 Å². The van der Waals surface area contributed by atoms with E-state index in [1.165, 1.54) is 16.8 Å². The number of nitro groups is 1. The van der Waals surface area contributed by atoms with Crippen molar-refractivity contribution in [1.82, 2.24) is 5.01 Å². The summed E-state index contributed by atoms with van der Waals surface area (Å²) in [6, 6.07) is 29.2. The smallest absolute Gasteiger partial charge is 0.269 e. The van der Waals surface area contributed by atoms with E-state index in [-0.39, 0.29) is 16.7 Å². The second-order valence-electron chi connectivity index (χ2n) is 8.07. The summed E-state index contributed by atoms with van der Waals surface area (Å²) in [5.74, 6) is 0.792. The molecule has 156 valence electrons. The van der Waals surface area contributed by atoms with Crippen molar-refractivity contribution in [2.75, 3.05) is 0 Å². The highest BCUT2D eigenvalue weighted by Gasteiger charge is 2.41. The SMILES string of the molecule is O=[N+]([O-])c1cccc([C@@H]2Oc3ccccc3[C@@H]3CC(c4ccc5ccccc5c4)=NN32)c1. The van der Waals surface area contributed by atoms with Crippen LogP contribution in [0.2, 0.25) is 0 Å². The number of ether oxygens (including phenoxy) is 1. The third-order valence-electron chi connectivity index (χ3n) is 6.15. The van der Waals surface area contributed by atoms with E-state index in [0.717, 1.165) is 29.0 Å². The van der Waals surface area contributed by atoms with Crippen molar-refractivity contribution in [3.63, 3.8) is 0 Å². The van der Waals surface area contributed by atoms with Crippen LogP contribution in [-0.2, 0) is 0 Å². The molecule has 4 aromatic carbocycles. The zero-order valence-electron chi connectivity index (χ0n) is 17.1. The Morgan fingerprint density at radius 2 is 1.72 bits per heavy atom. The predicted molar refractivity (Wildman–Crippen MR) is 123 cm³/mol.